The van der Waals surface area contributed by atoms with Gasteiger partial charge in [-0.2, -0.15) is 0 Å². The molecule has 400 valence electrons. The zero-order valence-corrected chi connectivity index (χ0v) is 44.3. The van der Waals surface area contributed by atoms with Crippen molar-refractivity contribution in [2.45, 2.75) is 243 Å². The molecule has 4 fully saturated rings. The van der Waals surface area contributed by atoms with E-state index in [4.69, 9.17) is 37.9 Å². The van der Waals surface area contributed by atoms with Gasteiger partial charge in [0.15, 0.2) is 18.7 Å². The maximum Gasteiger partial charge on any atom is 0.407 e. The Balaban J connectivity index is 1.60. The molecule has 0 aromatic heterocycles. The van der Waals surface area contributed by atoms with Crippen molar-refractivity contribution >= 4 is 23.8 Å². The molecule has 69 heavy (non-hydrogen) atoms. The molecule has 0 aromatic rings. The molecule has 0 unspecified atom stereocenters. The number of aliphatic hydroxyl groups is 3. The number of hydrogen-bond donors (Lipinski definition) is 5. The van der Waals surface area contributed by atoms with Gasteiger partial charge in [-0.15, -0.1) is 0 Å². The fraction of sp³-hybridized carbons (Fsp3) is 0.922. The number of methoxy groups -OCH3 is 2. The van der Waals surface area contributed by atoms with Crippen LogP contribution in [-0.2, 0) is 52.3 Å². The molecular weight excluding hydrogens is 895 g/mol. The van der Waals surface area contributed by atoms with Crippen LogP contribution in [0.15, 0.2) is 0 Å². The molecule has 1 aliphatic carbocycles. The van der Waals surface area contributed by atoms with Crippen molar-refractivity contribution in [1.29, 1.82) is 0 Å². The number of alkyl carbamates (subject to hydrolysis) is 1. The first-order valence-corrected chi connectivity index (χ1v) is 25.8. The molecule has 18 atom stereocenters. The average molecular weight is 986 g/mol. The van der Waals surface area contributed by atoms with E-state index in [1.54, 1.807) is 48.5 Å². The van der Waals surface area contributed by atoms with Gasteiger partial charge in [-0.1, -0.05) is 53.4 Å². The number of carbonyl (C=O) groups excluding carboxylic acids is 4. The minimum Gasteiger partial charge on any atom is -0.459 e. The van der Waals surface area contributed by atoms with Crippen LogP contribution in [0, 0.1) is 23.7 Å². The summed E-state index contributed by atoms with van der Waals surface area (Å²) in [6, 6.07) is -0.0385. The number of amides is 2. The van der Waals surface area contributed by atoms with Crippen LogP contribution in [0.1, 0.15) is 153 Å². The normalized spacial score (nSPS) is 41.2. The summed E-state index contributed by atoms with van der Waals surface area (Å²) < 4.78 is 51.1. The molecule has 0 bridgehead atoms. The van der Waals surface area contributed by atoms with Gasteiger partial charge >= 0.3 is 12.1 Å². The molecule has 4 aliphatic rings. The second-order valence-electron chi connectivity index (χ2n) is 21.7. The van der Waals surface area contributed by atoms with Gasteiger partial charge in [-0.05, 0) is 101 Å². The van der Waals surface area contributed by atoms with Crippen molar-refractivity contribution in [3.63, 3.8) is 0 Å². The van der Waals surface area contributed by atoms with E-state index in [1.807, 2.05) is 32.8 Å². The lowest BCUT2D eigenvalue weighted by atomic mass is 9.74. The highest BCUT2D eigenvalue weighted by Crippen LogP contribution is 2.42. The number of aliphatic hydroxyl groups excluding tert-OH is 2. The van der Waals surface area contributed by atoms with Gasteiger partial charge in [0.2, 0.25) is 5.91 Å². The Kier molecular flexibility index (Phi) is 22.2. The lowest BCUT2D eigenvalue weighted by Gasteiger charge is -2.50. The first-order valence-electron chi connectivity index (χ1n) is 25.8. The molecule has 0 aromatic carbocycles. The van der Waals surface area contributed by atoms with Gasteiger partial charge < -0.3 is 68.7 Å². The Morgan fingerprint density at radius 1 is 0.841 bits per heavy atom. The second kappa shape index (κ2) is 25.9. The number of carbonyl (C=O) groups is 4. The second-order valence-corrected chi connectivity index (χ2v) is 21.7. The third kappa shape index (κ3) is 15.0. The van der Waals surface area contributed by atoms with Crippen LogP contribution in [0.4, 0.5) is 4.79 Å². The maximum atomic E-state index is 14.5. The SMILES string of the molecule is CC[C@H]1OC(=O)[C@H](C)[C@@H](O[C@H]2C[C@@](C)(OC)[C@@H](OC(=O)NCCCCCC(=O)NC3CCCCC3)[C@H](C)O2)[C@H](C)[C@@H](O[C@@H]2O[C@H](C)C[C@H](N(C)C)[C@H]2O)[C@@](C)(OC)C[C@@H](C)C(=O)[C@H](C)[C@@H](O)[C@]1(C)O. The summed E-state index contributed by atoms with van der Waals surface area (Å²) in [7, 11) is 6.76. The summed E-state index contributed by atoms with van der Waals surface area (Å²) >= 11 is 0. The Hall–Kier alpha value is -2.52. The standard InChI is InChI=1S/C51H91N3O15/c1-15-37-51(10,61)43(58)31(4)40(56)29(2)27-49(8,62-13)44(68-47-41(57)36(54(11)12)26-30(3)64-47)32(5)42(33(6)46(59)66-37)67-39-28-50(9,63-14)45(34(7)65-39)69-48(60)52-25-21-17-20-24-38(55)53-35-22-18-16-19-23-35/h29-37,39,41-45,47,57-58,61H,15-28H2,1-14H3,(H,52,60)(H,53,55)/t29-,30-,31+,32+,33-,34+,36+,37-,39+,41-,42+,43-,44-,45+,47+,49+,50-,51-/m1/s1. The Labute approximate surface area is 412 Å². The molecule has 18 heteroatoms. The number of Topliss-reactive ketones (excluding diaryl/α,β-unsaturated/α-hetero) is 1. The van der Waals surface area contributed by atoms with E-state index in [9.17, 15) is 34.5 Å². The number of nitrogens with one attached hydrogen (secondary N) is 2. The Bertz CT molecular complexity index is 1650. The average Bonchev–Trinajstić information content (AvgIpc) is 3.30. The van der Waals surface area contributed by atoms with Crippen molar-refractivity contribution in [2.24, 2.45) is 23.7 Å². The lowest BCUT2D eigenvalue weighted by Crippen LogP contribution is -2.62. The minimum absolute atomic E-state index is 0.0567. The van der Waals surface area contributed by atoms with E-state index in [1.165, 1.54) is 27.6 Å². The van der Waals surface area contributed by atoms with E-state index in [-0.39, 0.29) is 49.1 Å². The summed E-state index contributed by atoms with van der Waals surface area (Å²) in [4.78, 5) is 56.3. The third-order valence-electron chi connectivity index (χ3n) is 15.8. The number of unbranched alkanes of at least 4 members (excludes halogenated alkanes) is 2. The van der Waals surface area contributed by atoms with Crippen molar-refractivity contribution in [3.05, 3.63) is 0 Å². The van der Waals surface area contributed by atoms with Crippen LogP contribution < -0.4 is 10.6 Å². The Morgan fingerprint density at radius 3 is 2.09 bits per heavy atom. The molecule has 18 nitrogen and oxygen atoms in total. The van der Waals surface area contributed by atoms with E-state index in [0.29, 0.717) is 32.2 Å². The van der Waals surface area contributed by atoms with Crippen molar-refractivity contribution in [3.8, 4) is 0 Å². The smallest absolute Gasteiger partial charge is 0.407 e. The highest BCUT2D eigenvalue weighted by molar-refractivity contribution is 5.83. The number of ketones is 1. The molecule has 3 saturated heterocycles. The number of rotatable bonds is 16. The van der Waals surface area contributed by atoms with Gasteiger partial charge in [-0.3, -0.25) is 14.4 Å². The fourth-order valence-electron chi connectivity index (χ4n) is 11.3. The highest BCUT2D eigenvalue weighted by atomic mass is 16.7. The lowest BCUT2D eigenvalue weighted by molar-refractivity contribution is -0.319. The number of ether oxygens (including phenoxy) is 8. The molecule has 3 aliphatic heterocycles. The van der Waals surface area contributed by atoms with E-state index < -0.39 is 108 Å². The molecule has 3 heterocycles. The quantitative estimate of drug-likeness (QED) is 0.0991. The highest BCUT2D eigenvalue weighted by Gasteiger charge is 2.55. The van der Waals surface area contributed by atoms with Crippen LogP contribution in [0.5, 0.6) is 0 Å². The van der Waals surface area contributed by atoms with Crippen LogP contribution >= 0.6 is 0 Å². The summed E-state index contributed by atoms with van der Waals surface area (Å²) in [5, 5.41) is 41.1. The monoisotopic (exact) mass is 986 g/mol. The van der Waals surface area contributed by atoms with E-state index >= 15 is 0 Å². The van der Waals surface area contributed by atoms with Crippen LogP contribution in [-0.4, -0.2) is 169 Å². The molecule has 0 spiro atoms. The number of hydrogen-bond acceptors (Lipinski definition) is 16. The first-order chi connectivity index (χ1) is 32.3. The van der Waals surface area contributed by atoms with Crippen LogP contribution in [0.25, 0.3) is 0 Å². The van der Waals surface area contributed by atoms with Gasteiger partial charge in [0.1, 0.15) is 29.2 Å². The van der Waals surface area contributed by atoms with Crippen molar-refractivity contribution in [1.82, 2.24) is 15.5 Å². The topological polar surface area (TPSA) is 230 Å². The summed E-state index contributed by atoms with van der Waals surface area (Å²) in [5.41, 5.74) is -4.45. The van der Waals surface area contributed by atoms with Gasteiger partial charge in [0, 0.05) is 63.4 Å². The van der Waals surface area contributed by atoms with Crippen molar-refractivity contribution in [2.75, 3.05) is 34.9 Å². The number of nitrogens with zero attached hydrogens (tertiary/aromatic N) is 1. The van der Waals surface area contributed by atoms with E-state index in [0.717, 1.165) is 32.1 Å². The van der Waals surface area contributed by atoms with Crippen LogP contribution in [0.3, 0.4) is 0 Å². The molecule has 1 saturated carbocycles. The maximum absolute atomic E-state index is 14.5. The first kappa shape index (κ1) is 59.0. The van der Waals surface area contributed by atoms with E-state index in [2.05, 4.69) is 10.6 Å². The molecule has 4 rings (SSSR count). The predicted molar refractivity (Wildman–Crippen MR) is 257 cm³/mol. The van der Waals surface area contributed by atoms with Gasteiger partial charge in [0.25, 0.3) is 0 Å². The summed E-state index contributed by atoms with van der Waals surface area (Å²) in [6.07, 6.45) is -1.76. The molecular formula is C51H91N3O15. The Morgan fingerprint density at radius 2 is 1.48 bits per heavy atom. The van der Waals surface area contributed by atoms with Crippen molar-refractivity contribution < 1.29 is 72.4 Å². The van der Waals surface area contributed by atoms with Gasteiger partial charge in [-0.25, -0.2) is 4.79 Å². The molecule has 0 radical (unpaired) electrons. The number of esters is 1. The zero-order valence-electron chi connectivity index (χ0n) is 44.3. The third-order valence-corrected chi connectivity index (χ3v) is 15.8. The fourth-order valence-corrected chi connectivity index (χ4v) is 11.3. The van der Waals surface area contributed by atoms with Gasteiger partial charge in [0.05, 0.1) is 42.0 Å². The molecule has 5 N–H and O–H groups in total. The molecule has 2 amide bonds. The summed E-state index contributed by atoms with van der Waals surface area (Å²) in [5.74, 6) is -4.65. The predicted octanol–water partition coefficient (Wildman–Crippen LogP) is 5.18. The number of likely N-dealkylation sites (N-methyl/N-ethyl adjacent to an activating group) is 1. The number of cyclic esters (lactones) is 1. The minimum atomic E-state index is -2.01. The largest absolute Gasteiger partial charge is 0.459 e. The zero-order chi connectivity index (χ0) is 51.6. The van der Waals surface area contributed by atoms with Crippen LogP contribution in [0.2, 0.25) is 0 Å². The summed E-state index contributed by atoms with van der Waals surface area (Å²) in [6.45, 7) is 17.4.